The number of carbonyl (C=O) groups is 1. The van der Waals surface area contributed by atoms with E-state index in [4.69, 9.17) is 16.7 Å². The van der Waals surface area contributed by atoms with Crippen molar-refractivity contribution < 1.29 is 27.5 Å². The third-order valence-electron chi connectivity index (χ3n) is 3.52. The van der Waals surface area contributed by atoms with Crippen molar-refractivity contribution in [3.05, 3.63) is 74.5 Å². The molecule has 3 aromatic rings. The molecule has 0 spiro atoms. The van der Waals surface area contributed by atoms with Gasteiger partial charge in [0.2, 0.25) is 5.43 Å². The summed E-state index contributed by atoms with van der Waals surface area (Å²) in [6, 6.07) is 2.80. The molecule has 0 atom stereocenters. The van der Waals surface area contributed by atoms with E-state index in [9.17, 15) is 27.2 Å². The molecule has 1 heterocycles. The maximum Gasteiger partial charge on any atom is 0.341 e. The van der Waals surface area contributed by atoms with Crippen LogP contribution >= 0.6 is 11.6 Å². The normalized spacial score (nSPS) is 11.1. The molecule has 1 aromatic heterocycles. The summed E-state index contributed by atoms with van der Waals surface area (Å²) >= 11 is 5.76. The number of nitrogens with zero attached hydrogens (tertiary/aromatic N) is 1. The maximum atomic E-state index is 14.1. The molecule has 2 aromatic carbocycles. The standard InChI is InChI=1S/C16H6ClF4NO3/c17-12-13(21)10(20)4-7-14(12)22(5-8(15(7)23)16(24)25)11-2-1-6(18)3-9(11)19/h1-5H,(H,24,25). The first-order valence-corrected chi connectivity index (χ1v) is 7.01. The van der Waals surface area contributed by atoms with Crippen molar-refractivity contribution in [2.75, 3.05) is 0 Å². The number of hydrogen-bond donors (Lipinski definition) is 1. The minimum atomic E-state index is -1.66. The fraction of sp³-hybridized carbons (Fsp3) is 0. The minimum absolute atomic E-state index is 0.401. The molecule has 0 amide bonds. The lowest BCUT2D eigenvalue weighted by molar-refractivity contribution is 0.0695. The van der Waals surface area contributed by atoms with Gasteiger partial charge in [-0.2, -0.15) is 0 Å². The highest BCUT2D eigenvalue weighted by atomic mass is 35.5. The van der Waals surface area contributed by atoms with Crippen LogP contribution in [-0.4, -0.2) is 15.6 Å². The molecule has 0 saturated carbocycles. The number of benzene rings is 2. The minimum Gasteiger partial charge on any atom is -0.477 e. The quantitative estimate of drug-likeness (QED) is 0.549. The van der Waals surface area contributed by atoms with Crippen LogP contribution in [0.1, 0.15) is 10.4 Å². The van der Waals surface area contributed by atoms with E-state index in [1.54, 1.807) is 0 Å². The Morgan fingerprint density at radius 2 is 1.76 bits per heavy atom. The van der Waals surface area contributed by atoms with Gasteiger partial charge in [0, 0.05) is 12.3 Å². The van der Waals surface area contributed by atoms with E-state index in [-0.39, 0.29) is 0 Å². The molecule has 0 radical (unpaired) electrons. The van der Waals surface area contributed by atoms with Crippen LogP contribution in [0.3, 0.4) is 0 Å². The van der Waals surface area contributed by atoms with E-state index >= 15 is 0 Å². The van der Waals surface area contributed by atoms with Crippen molar-refractivity contribution in [2.45, 2.75) is 0 Å². The number of aromatic nitrogens is 1. The van der Waals surface area contributed by atoms with Crippen molar-refractivity contribution in [2.24, 2.45) is 0 Å². The second-order valence-electron chi connectivity index (χ2n) is 5.03. The third kappa shape index (κ3) is 2.64. The van der Waals surface area contributed by atoms with Crippen LogP contribution in [0.25, 0.3) is 16.6 Å². The van der Waals surface area contributed by atoms with Crippen molar-refractivity contribution >= 4 is 28.5 Å². The van der Waals surface area contributed by atoms with Gasteiger partial charge in [0.25, 0.3) is 0 Å². The van der Waals surface area contributed by atoms with Gasteiger partial charge < -0.3 is 9.67 Å². The molecule has 0 aliphatic rings. The third-order valence-corrected chi connectivity index (χ3v) is 3.87. The average Bonchev–Trinajstić information content (AvgIpc) is 2.54. The smallest absolute Gasteiger partial charge is 0.341 e. The van der Waals surface area contributed by atoms with E-state index in [1.165, 1.54) is 0 Å². The van der Waals surface area contributed by atoms with E-state index in [2.05, 4.69) is 0 Å². The summed E-state index contributed by atoms with van der Waals surface area (Å²) in [4.78, 5) is 23.5. The number of aromatic carboxylic acids is 1. The fourth-order valence-electron chi connectivity index (χ4n) is 2.41. The van der Waals surface area contributed by atoms with Gasteiger partial charge in [0.15, 0.2) is 11.6 Å². The van der Waals surface area contributed by atoms with Crippen molar-refractivity contribution in [1.29, 1.82) is 0 Å². The Kier molecular flexibility index (Phi) is 4.00. The molecule has 1 N–H and O–H groups in total. The number of rotatable bonds is 2. The molecule has 0 aliphatic carbocycles. The number of pyridine rings is 1. The Morgan fingerprint density at radius 3 is 2.36 bits per heavy atom. The molecule has 0 saturated heterocycles. The second-order valence-corrected chi connectivity index (χ2v) is 5.40. The molecule has 0 aliphatic heterocycles. The number of carboxylic acids is 1. The molecule has 128 valence electrons. The Morgan fingerprint density at radius 1 is 1.08 bits per heavy atom. The first-order chi connectivity index (χ1) is 11.7. The summed E-state index contributed by atoms with van der Waals surface area (Å²) in [6.45, 7) is 0. The zero-order valence-corrected chi connectivity index (χ0v) is 12.7. The Hall–Kier alpha value is -2.87. The molecule has 4 nitrogen and oxygen atoms in total. The zero-order valence-electron chi connectivity index (χ0n) is 12.0. The van der Waals surface area contributed by atoms with Gasteiger partial charge in [0.1, 0.15) is 22.2 Å². The molecular formula is C16H6ClF4NO3. The van der Waals surface area contributed by atoms with Gasteiger partial charge in [0.05, 0.1) is 16.6 Å². The number of carboxylic acid groups (broad SMARTS) is 1. The van der Waals surface area contributed by atoms with Gasteiger partial charge in [-0.3, -0.25) is 4.79 Å². The molecule has 9 heteroatoms. The monoisotopic (exact) mass is 371 g/mol. The molecular weight excluding hydrogens is 366 g/mol. The van der Waals surface area contributed by atoms with E-state index in [0.717, 1.165) is 16.7 Å². The summed E-state index contributed by atoms with van der Waals surface area (Å²) in [7, 11) is 0. The van der Waals surface area contributed by atoms with E-state index < -0.39 is 61.8 Å². The van der Waals surface area contributed by atoms with Gasteiger partial charge in [-0.25, -0.2) is 22.4 Å². The lowest BCUT2D eigenvalue weighted by atomic mass is 10.1. The van der Waals surface area contributed by atoms with Crippen LogP contribution in [-0.2, 0) is 0 Å². The van der Waals surface area contributed by atoms with Crippen LogP contribution in [0.15, 0.2) is 35.3 Å². The number of fused-ring (bicyclic) bond motifs is 1. The first-order valence-electron chi connectivity index (χ1n) is 6.64. The average molecular weight is 372 g/mol. The van der Waals surface area contributed by atoms with Crippen molar-refractivity contribution in [1.82, 2.24) is 4.57 Å². The van der Waals surface area contributed by atoms with Crippen LogP contribution in [0.2, 0.25) is 5.02 Å². The predicted octanol–water partition coefficient (Wildman–Crippen LogP) is 3.90. The number of hydrogen-bond acceptors (Lipinski definition) is 2. The summed E-state index contributed by atoms with van der Waals surface area (Å²) < 4.78 is 55.4. The van der Waals surface area contributed by atoms with Crippen molar-refractivity contribution in [3.8, 4) is 5.69 Å². The van der Waals surface area contributed by atoms with Crippen LogP contribution in [0, 0.1) is 23.3 Å². The van der Waals surface area contributed by atoms with Crippen molar-refractivity contribution in [3.63, 3.8) is 0 Å². The molecule has 0 fully saturated rings. The van der Waals surface area contributed by atoms with Gasteiger partial charge in [-0.15, -0.1) is 0 Å². The number of halogens is 5. The summed E-state index contributed by atoms with van der Waals surface area (Å²) in [5, 5.41) is 7.73. The summed E-state index contributed by atoms with van der Waals surface area (Å²) in [5.74, 6) is -6.66. The fourth-order valence-corrected chi connectivity index (χ4v) is 2.69. The highest BCUT2D eigenvalue weighted by Crippen LogP contribution is 2.30. The van der Waals surface area contributed by atoms with Gasteiger partial charge in [-0.05, 0) is 18.2 Å². The molecule has 3 rings (SSSR count). The van der Waals surface area contributed by atoms with E-state index in [0.29, 0.717) is 18.3 Å². The zero-order chi connectivity index (χ0) is 18.5. The molecule has 25 heavy (non-hydrogen) atoms. The Balaban J connectivity index is 2.57. The largest absolute Gasteiger partial charge is 0.477 e. The van der Waals surface area contributed by atoms with Gasteiger partial charge in [-0.1, -0.05) is 11.6 Å². The molecule has 0 bridgehead atoms. The predicted molar refractivity (Wildman–Crippen MR) is 81.3 cm³/mol. The highest BCUT2D eigenvalue weighted by Gasteiger charge is 2.22. The van der Waals surface area contributed by atoms with Gasteiger partial charge >= 0.3 is 5.97 Å². The highest BCUT2D eigenvalue weighted by molar-refractivity contribution is 6.35. The van der Waals surface area contributed by atoms with Crippen LogP contribution < -0.4 is 5.43 Å². The van der Waals surface area contributed by atoms with Crippen LogP contribution in [0.5, 0.6) is 0 Å². The topological polar surface area (TPSA) is 59.3 Å². The SMILES string of the molecule is O=C(O)c1cn(-c2ccc(F)cc2F)c2c(Cl)c(F)c(F)cc2c1=O. The lowest BCUT2D eigenvalue weighted by Gasteiger charge is -2.15. The van der Waals surface area contributed by atoms with Crippen LogP contribution in [0.4, 0.5) is 17.6 Å². The lowest BCUT2D eigenvalue weighted by Crippen LogP contribution is -2.19. The second kappa shape index (κ2) is 5.89. The maximum absolute atomic E-state index is 14.1. The van der Waals surface area contributed by atoms with E-state index in [1.807, 2.05) is 0 Å². The Bertz CT molecular complexity index is 1110. The summed E-state index contributed by atoms with van der Waals surface area (Å²) in [5.41, 5.74) is -2.79. The first kappa shape index (κ1) is 17.0. The molecule has 0 unspecified atom stereocenters. The summed E-state index contributed by atoms with van der Waals surface area (Å²) in [6.07, 6.45) is 0.715. The Labute approximate surface area is 141 Å².